The van der Waals surface area contributed by atoms with Crippen molar-refractivity contribution in [1.82, 2.24) is 4.98 Å². The topological polar surface area (TPSA) is 53.1 Å². The second kappa shape index (κ2) is 3.97. The van der Waals surface area contributed by atoms with Gasteiger partial charge in [-0.1, -0.05) is 0 Å². The molecule has 0 fully saturated rings. The first kappa shape index (κ1) is 10.3. The molecular formula is C7H6BrF2NO2. The van der Waals surface area contributed by atoms with E-state index < -0.39 is 18.6 Å². The van der Waals surface area contributed by atoms with Crippen molar-refractivity contribution in [3.63, 3.8) is 0 Å². The van der Waals surface area contributed by atoms with Crippen molar-refractivity contribution in [3.05, 3.63) is 32.2 Å². The first-order chi connectivity index (χ1) is 6.07. The Morgan fingerprint density at radius 1 is 1.62 bits per heavy atom. The van der Waals surface area contributed by atoms with Gasteiger partial charge >= 0.3 is 0 Å². The summed E-state index contributed by atoms with van der Waals surface area (Å²) in [6.07, 6.45) is -1.81. The van der Waals surface area contributed by atoms with Crippen molar-refractivity contribution < 1.29 is 13.9 Å². The van der Waals surface area contributed by atoms with Crippen LogP contribution in [0.3, 0.4) is 0 Å². The Kier molecular flexibility index (Phi) is 3.16. The molecule has 1 rings (SSSR count). The summed E-state index contributed by atoms with van der Waals surface area (Å²) >= 11 is 2.82. The summed E-state index contributed by atoms with van der Waals surface area (Å²) in [7, 11) is 0. The molecule has 0 aromatic carbocycles. The van der Waals surface area contributed by atoms with Gasteiger partial charge in [0.1, 0.15) is 0 Å². The number of hydrogen-bond donors (Lipinski definition) is 2. The lowest BCUT2D eigenvalue weighted by molar-refractivity contribution is 0.146. The molecule has 0 radical (unpaired) electrons. The van der Waals surface area contributed by atoms with Crippen LogP contribution < -0.4 is 5.56 Å². The SMILES string of the molecule is O=c1[nH]cc(C(F)F)c(CO)c1Br. The van der Waals surface area contributed by atoms with Gasteiger partial charge in [0.05, 0.1) is 11.1 Å². The highest BCUT2D eigenvalue weighted by Crippen LogP contribution is 2.25. The molecule has 0 aliphatic heterocycles. The fourth-order valence-electron chi connectivity index (χ4n) is 0.913. The number of hydrogen-bond acceptors (Lipinski definition) is 2. The maximum Gasteiger partial charge on any atom is 0.265 e. The number of H-pyrrole nitrogens is 1. The number of pyridine rings is 1. The van der Waals surface area contributed by atoms with Crippen LogP contribution in [0.5, 0.6) is 0 Å². The second-order valence-electron chi connectivity index (χ2n) is 2.32. The van der Waals surface area contributed by atoms with Crippen molar-refractivity contribution >= 4 is 15.9 Å². The third kappa shape index (κ3) is 1.94. The molecule has 0 saturated heterocycles. The van der Waals surface area contributed by atoms with Crippen LogP contribution in [0.2, 0.25) is 0 Å². The molecule has 6 heteroatoms. The molecule has 0 unspecified atom stereocenters. The minimum Gasteiger partial charge on any atom is -0.392 e. The Bertz CT molecular complexity index is 364. The van der Waals surface area contributed by atoms with Gasteiger partial charge < -0.3 is 10.1 Å². The van der Waals surface area contributed by atoms with Gasteiger partial charge in [0, 0.05) is 17.3 Å². The zero-order valence-corrected chi connectivity index (χ0v) is 7.94. The van der Waals surface area contributed by atoms with E-state index in [2.05, 4.69) is 20.9 Å². The van der Waals surface area contributed by atoms with E-state index in [1.54, 1.807) is 0 Å². The lowest BCUT2D eigenvalue weighted by atomic mass is 10.1. The van der Waals surface area contributed by atoms with Gasteiger partial charge in [-0.3, -0.25) is 4.79 Å². The van der Waals surface area contributed by atoms with E-state index in [0.29, 0.717) is 0 Å². The molecule has 0 amide bonds. The van der Waals surface area contributed by atoms with E-state index >= 15 is 0 Å². The highest BCUT2D eigenvalue weighted by Gasteiger charge is 2.16. The first-order valence-corrected chi connectivity index (χ1v) is 4.16. The first-order valence-electron chi connectivity index (χ1n) is 3.37. The fourth-order valence-corrected chi connectivity index (χ4v) is 1.38. The lowest BCUT2D eigenvalue weighted by Gasteiger charge is -2.06. The Morgan fingerprint density at radius 3 is 2.69 bits per heavy atom. The Labute approximate surface area is 80.5 Å². The Hall–Kier alpha value is -0.750. The smallest absolute Gasteiger partial charge is 0.265 e. The van der Waals surface area contributed by atoms with Gasteiger partial charge in [-0.05, 0) is 15.9 Å². The van der Waals surface area contributed by atoms with E-state index in [-0.39, 0.29) is 15.6 Å². The molecule has 13 heavy (non-hydrogen) atoms. The molecule has 0 bridgehead atoms. The molecule has 0 atom stereocenters. The van der Waals surface area contributed by atoms with Gasteiger partial charge in [-0.2, -0.15) is 0 Å². The maximum absolute atomic E-state index is 12.3. The number of aliphatic hydroxyl groups is 1. The molecule has 0 aliphatic carbocycles. The monoisotopic (exact) mass is 253 g/mol. The van der Waals surface area contributed by atoms with Crippen molar-refractivity contribution in [2.75, 3.05) is 0 Å². The second-order valence-corrected chi connectivity index (χ2v) is 3.12. The van der Waals surface area contributed by atoms with Crippen LogP contribution in [-0.2, 0) is 6.61 Å². The summed E-state index contributed by atoms with van der Waals surface area (Å²) < 4.78 is 24.5. The number of aromatic nitrogens is 1. The third-order valence-corrected chi connectivity index (χ3v) is 2.40. The molecule has 0 saturated carbocycles. The fraction of sp³-hybridized carbons (Fsp3) is 0.286. The average Bonchev–Trinajstić information content (AvgIpc) is 2.09. The zero-order valence-electron chi connectivity index (χ0n) is 6.35. The average molecular weight is 254 g/mol. The van der Waals surface area contributed by atoms with Gasteiger partial charge in [0.15, 0.2) is 0 Å². The van der Waals surface area contributed by atoms with Crippen LogP contribution in [0.1, 0.15) is 17.6 Å². The molecular weight excluding hydrogens is 248 g/mol. The molecule has 1 aromatic heterocycles. The van der Waals surface area contributed by atoms with Crippen molar-refractivity contribution in [2.24, 2.45) is 0 Å². The number of nitrogens with one attached hydrogen (secondary N) is 1. The maximum atomic E-state index is 12.3. The minimum atomic E-state index is -2.71. The van der Waals surface area contributed by atoms with E-state index in [4.69, 9.17) is 5.11 Å². The van der Waals surface area contributed by atoms with Gasteiger partial charge in [-0.15, -0.1) is 0 Å². The highest BCUT2D eigenvalue weighted by atomic mass is 79.9. The standard InChI is InChI=1S/C7H6BrF2NO2/c8-5-4(2-12)3(6(9)10)1-11-7(5)13/h1,6,12H,2H2,(H,11,13). The molecule has 2 N–H and O–H groups in total. The van der Waals surface area contributed by atoms with E-state index in [0.717, 1.165) is 6.20 Å². The van der Waals surface area contributed by atoms with Crippen molar-refractivity contribution in [2.45, 2.75) is 13.0 Å². The largest absolute Gasteiger partial charge is 0.392 e. The normalized spacial score (nSPS) is 10.8. The van der Waals surface area contributed by atoms with E-state index in [1.807, 2.05) is 0 Å². The van der Waals surface area contributed by atoms with E-state index in [9.17, 15) is 13.6 Å². The lowest BCUT2D eigenvalue weighted by Crippen LogP contribution is -2.12. The quantitative estimate of drug-likeness (QED) is 0.841. The van der Waals surface area contributed by atoms with Crippen molar-refractivity contribution in [3.8, 4) is 0 Å². The van der Waals surface area contributed by atoms with Crippen LogP contribution in [0.25, 0.3) is 0 Å². The number of alkyl halides is 2. The van der Waals surface area contributed by atoms with Crippen LogP contribution in [0.4, 0.5) is 8.78 Å². The summed E-state index contributed by atoms with van der Waals surface area (Å²) in [5.74, 6) is 0. The van der Waals surface area contributed by atoms with Gasteiger partial charge in [-0.25, -0.2) is 8.78 Å². The third-order valence-electron chi connectivity index (χ3n) is 1.56. The van der Waals surface area contributed by atoms with Crippen LogP contribution in [-0.4, -0.2) is 10.1 Å². The summed E-state index contributed by atoms with van der Waals surface area (Å²) in [6, 6.07) is 0. The molecule has 3 nitrogen and oxygen atoms in total. The minimum absolute atomic E-state index is 0.0483. The number of halogens is 3. The highest BCUT2D eigenvalue weighted by molar-refractivity contribution is 9.10. The van der Waals surface area contributed by atoms with Gasteiger partial charge in [0.25, 0.3) is 12.0 Å². The summed E-state index contributed by atoms with van der Waals surface area (Å²) in [5.41, 5.74) is -0.971. The molecule has 0 spiro atoms. The number of rotatable bonds is 2. The summed E-state index contributed by atoms with van der Waals surface area (Å²) in [4.78, 5) is 13.0. The van der Waals surface area contributed by atoms with E-state index in [1.165, 1.54) is 0 Å². The van der Waals surface area contributed by atoms with Gasteiger partial charge in [0.2, 0.25) is 0 Å². The number of aromatic amines is 1. The van der Waals surface area contributed by atoms with Crippen LogP contribution in [0, 0.1) is 0 Å². The predicted octanol–water partition coefficient (Wildman–Crippen LogP) is 1.57. The van der Waals surface area contributed by atoms with Crippen LogP contribution in [0.15, 0.2) is 15.5 Å². The van der Waals surface area contributed by atoms with Crippen LogP contribution >= 0.6 is 15.9 Å². The number of aliphatic hydroxyl groups excluding tert-OH is 1. The molecule has 0 aliphatic rings. The molecule has 1 heterocycles. The summed E-state index contributed by atoms with van der Waals surface area (Å²) in [6.45, 7) is -0.593. The predicted molar refractivity (Wildman–Crippen MR) is 45.6 cm³/mol. The Balaban J connectivity index is 3.38. The molecule has 72 valence electrons. The zero-order chi connectivity index (χ0) is 10.0. The Morgan fingerprint density at radius 2 is 2.23 bits per heavy atom. The van der Waals surface area contributed by atoms with Crippen molar-refractivity contribution in [1.29, 1.82) is 0 Å². The summed E-state index contributed by atoms with van der Waals surface area (Å²) in [5, 5.41) is 8.76. The molecule has 1 aromatic rings.